The molecule has 0 saturated carbocycles. The predicted molar refractivity (Wildman–Crippen MR) is 48.0 cm³/mol. The van der Waals surface area contributed by atoms with Crippen LogP contribution in [0.25, 0.3) is 0 Å². The van der Waals surface area contributed by atoms with Gasteiger partial charge in [0.25, 0.3) is 0 Å². The van der Waals surface area contributed by atoms with Crippen LogP contribution in [0, 0.1) is 5.41 Å². The van der Waals surface area contributed by atoms with E-state index in [2.05, 4.69) is 36.0 Å². The van der Waals surface area contributed by atoms with Crippen LogP contribution < -0.4 is 0 Å². The molecule has 0 saturated heterocycles. The fourth-order valence-electron chi connectivity index (χ4n) is 0.568. The summed E-state index contributed by atoms with van der Waals surface area (Å²) in [6.07, 6.45) is 5.99. The Morgan fingerprint density at radius 2 is 2.33 bits per heavy atom. The van der Waals surface area contributed by atoms with Gasteiger partial charge in [0.05, 0.1) is 0 Å². The molecule has 66 valence electrons. The van der Waals surface area contributed by atoms with E-state index in [1.807, 2.05) is 6.21 Å². The second-order valence-corrected chi connectivity index (χ2v) is 3.40. The molecule has 1 heterocycles. The zero-order chi connectivity index (χ0) is 9.03. The van der Waals surface area contributed by atoms with Crippen molar-refractivity contribution in [3.05, 3.63) is 12.7 Å². The lowest BCUT2D eigenvalue weighted by Crippen LogP contribution is -2.12. The Hall–Kier alpha value is -1.19. The van der Waals surface area contributed by atoms with E-state index < -0.39 is 0 Å². The molecule has 4 nitrogen and oxygen atoms in total. The Morgan fingerprint density at radius 3 is 2.83 bits per heavy atom. The van der Waals surface area contributed by atoms with Crippen molar-refractivity contribution in [2.45, 2.75) is 27.2 Å². The molecule has 1 rings (SSSR count). The number of aromatic nitrogens is 3. The normalized spacial score (nSPS) is 12.6. The topological polar surface area (TPSA) is 43.1 Å². The Morgan fingerprint density at radius 1 is 1.58 bits per heavy atom. The van der Waals surface area contributed by atoms with E-state index in [-0.39, 0.29) is 5.41 Å². The van der Waals surface area contributed by atoms with Crippen molar-refractivity contribution in [1.29, 1.82) is 0 Å². The van der Waals surface area contributed by atoms with E-state index in [4.69, 9.17) is 0 Å². The SMILES string of the molecule is CCC(C)(C)/C=N/n1cncn1. The predicted octanol–water partition coefficient (Wildman–Crippen LogP) is 1.55. The first-order chi connectivity index (χ1) is 5.64. The van der Waals surface area contributed by atoms with Crippen molar-refractivity contribution in [3.63, 3.8) is 0 Å². The van der Waals surface area contributed by atoms with Crippen molar-refractivity contribution in [2.24, 2.45) is 10.5 Å². The molecule has 0 radical (unpaired) electrons. The summed E-state index contributed by atoms with van der Waals surface area (Å²) >= 11 is 0. The van der Waals surface area contributed by atoms with Crippen LogP contribution in [-0.4, -0.2) is 21.1 Å². The Kier molecular flexibility index (Phi) is 2.58. The summed E-state index contributed by atoms with van der Waals surface area (Å²) in [7, 11) is 0. The average Bonchev–Trinajstić information content (AvgIpc) is 2.53. The van der Waals surface area contributed by atoms with Crippen LogP contribution in [0.5, 0.6) is 0 Å². The van der Waals surface area contributed by atoms with Crippen LogP contribution in [0.1, 0.15) is 27.2 Å². The van der Waals surface area contributed by atoms with Crippen molar-refractivity contribution < 1.29 is 0 Å². The molecule has 12 heavy (non-hydrogen) atoms. The minimum atomic E-state index is 0.131. The van der Waals surface area contributed by atoms with Gasteiger partial charge < -0.3 is 0 Å². The second-order valence-electron chi connectivity index (χ2n) is 3.40. The fourth-order valence-corrected chi connectivity index (χ4v) is 0.568. The third-order valence-corrected chi connectivity index (χ3v) is 1.84. The van der Waals surface area contributed by atoms with E-state index in [0.717, 1.165) is 6.42 Å². The molecule has 0 atom stereocenters. The molecule has 0 aromatic carbocycles. The van der Waals surface area contributed by atoms with Crippen molar-refractivity contribution in [1.82, 2.24) is 14.9 Å². The minimum Gasteiger partial charge on any atom is -0.221 e. The third kappa shape index (κ3) is 2.45. The van der Waals surface area contributed by atoms with Gasteiger partial charge in [0, 0.05) is 11.6 Å². The molecule has 1 aromatic heterocycles. The van der Waals surface area contributed by atoms with Crippen LogP contribution in [0.3, 0.4) is 0 Å². The monoisotopic (exact) mass is 166 g/mol. The molecule has 4 heteroatoms. The highest BCUT2D eigenvalue weighted by Gasteiger charge is 2.10. The standard InChI is InChI=1S/C8H14N4/c1-4-8(2,3)5-10-12-7-9-6-11-12/h5-7H,4H2,1-3H3/b10-5+. The van der Waals surface area contributed by atoms with E-state index >= 15 is 0 Å². The van der Waals surface area contributed by atoms with Gasteiger partial charge in [0.1, 0.15) is 12.7 Å². The Bertz CT molecular complexity index is 248. The quantitative estimate of drug-likeness (QED) is 0.639. The van der Waals surface area contributed by atoms with Crippen LogP contribution in [-0.2, 0) is 0 Å². The van der Waals surface area contributed by atoms with E-state index in [1.165, 1.54) is 11.1 Å². The summed E-state index contributed by atoms with van der Waals surface area (Å²) in [5, 5.41) is 7.99. The van der Waals surface area contributed by atoms with Crippen molar-refractivity contribution >= 4 is 6.21 Å². The molecule has 0 bridgehead atoms. The Labute approximate surface area is 72.3 Å². The van der Waals surface area contributed by atoms with E-state index in [0.29, 0.717) is 0 Å². The lowest BCUT2D eigenvalue weighted by atomic mass is 9.92. The van der Waals surface area contributed by atoms with Gasteiger partial charge in [-0.15, -0.1) is 9.89 Å². The van der Waals surface area contributed by atoms with Gasteiger partial charge in [-0.3, -0.25) is 0 Å². The Balaban J connectivity index is 2.62. The lowest BCUT2D eigenvalue weighted by Gasteiger charge is -2.14. The highest BCUT2D eigenvalue weighted by molar-refractivity contribution is 5.64. The van der Waals surface area contributed by atoms with Gasteiger partial charge in [0.2, 0.25) is 0 Å². The van der Waals surface area contributed by atoms with Crippen molar-refractivity contribution in [3.8, 4) is 0 Å². The third-order valence-electron chi connectivity index (χ3n) is 1.84. The summed E-state index contributed by atoms with van der Waals surface area (Å²) in [6, 6.07) is 0. The molecule has 1 aromatic rings. The summed E-state index contributed by atoms with van der Waals surface area (Å²) in [6.45, 7) is 6.40. The van der Waals surface area contributed by atoms with E-state index in [1.54, 1.807) is 6.33 Å². The number of rotatable bonds is 3. The molecule has 0 aliphatic heterocycles. The zero-order valence-electron chi connectivity index (χ0n) is 7.73. The summed E-state index contributed by atoms with van der Waals surface area (Å²) in [5.41, 5.74) is 0.131. The van der Waals surface area contributed by atoms with Gasteiger partial charge in [-0.25, -0.2) is 4.98 Å². The highest BCUT2D eigenvalue weighted by Crippen LogP contribution is 2.15. The fraction of sp³-hybridized carbons (Fsp3) is 0.625. The maximum atomic E-state index is 4.13. The van der Waals surface area contributed by atoms with Crippen LogP contribution in [0.4, 0.5) is 0 Å². The molecule has 0 aliphatic rings. The smallest absolute Gasteiger partial charge is 0.139 e. The first-order valence-electron chi connectivity index (χ1n) is 4.04. The number of nitrogens with zero attached hydrogens (tertiary/aromatic N) is 4. The van der Waals surface area contributed by atoms with E-state index in [9.17, 15) is 0 Å². The molecule has 0 unspecified atom stereocenters. The highest BCUT2D eigenvalue weighted by atomic mass is 15.5. The van der Waals surface area contributed by atoms with Crippen LogP contribution >= 0.6 is 0 Å². The van der Waals surface area contributed by atoms with Crippen LogP contribution in [0.2, 0.25) is 0 Å². The molecular weight excluding hydrogens is 152 g/mol. The molecule has 0 aliphatic carbocycles. The summed E-state index contributed by atoms with van der Waals surface area (Å²) < 4.78 is 0. The first-order valence-corrected chi connectivity index (χ1v) is 4.04. The average molecular weight is 166 g/mol. The minimum absolute atomic E-state index is 0.131. The lowest BCUT2D eigenvalue weighted by molar-refractivity contribution is 0.509. The van der Waals surface area contributed by atoms with Crippen LogP contribution in [0.15, 0.2) is 17.8 Å². The van der Waals surface area contributed by atoms with Gasteiger partial charge in [0.15, 0.2) is 0 Å². The number of hydrogen-bond donors (Lipinski definition) is 0. The van der Waals surface area contributed by atoms with Gasteiger partial charge in [-0.2, -0.15) is 5.10 Å². The first kappa shape index (κ1) is 8.90. The largest absolute Gasteiger partial charge is 0.221 e. The molecule has 0 spiro atoms. The van der Waals surface area contributed by atoms with Gasteiger partial charge in [-0.05, 0) is 6.42 Å². The maximum Gasteiger partial charge on any atom is 0.139 e. The zero-order valence-corrected chi connectivity index (χ0v) is 7.73. The van der Waals surface area contributed by atoms with Gasteiger partial charge in [-0.1, -0.05) is 20.8 Å². The van der Waals surface area contributed by atoms with Gasteiger partial charge >= 0.3 is 0 Å². The second kappa shape index (κ2) is 3.47. The number of hydrogen-bond acceptors (Lipinski definition) is 3. The molecule has 0 fully saturated rings. The maximum absolute atomic E-state index is 4.13. The van der Waals surface area contributed by atoms with Crippen molar-refractivity contribution in [2.75, 3.05) is 0 Å². The molecular formula is C8H14N4. The molecule has 0 amide bonds. The summed E-state index contributed by atoms with van der Waals surface area (Å²) in [5.74, 6) is 0. The molecule has 0 N–H and O–H groups in total. The summed E-state index contributed by atoms with van der Waals surface area (Å²) in [4.78, 5) is 5.24.